The Morgan fingerprint density at radius 2 is 2.11 bits per heavy atom. The van der Waals surface area contributed by atoms with Crippen molar-refractivity contribution in [3.63, 3.8) is 0 Å². The molecule has 96 valence electrons. The molecular formula is C14H17ClN2O. The maximum absolute atomic E-state index is 11.2. The van der Waals surface area contributed by atoms with Crippen molar-refractivity contribution in [2.75, 3.05) is 22.6 Å². The normalized spacial score (nSPS) is 25.5. The van der Waals surface area contributed by atoms with Crippen LogP contribution < -0.4 is 10.2 Å². The molecule has 1 saturated heterocycles. The second kappa shape index (κ2) is 4.81. The average Bonchev–Trinajstić information content (AvgIpc) is 3.02. The fourth-order valence-electron chi connectivity index (χ4n) is 3.17. The number of benzene rings is 1. The highest BCUT2D eigenvalue weighted by Crippen LogP contribution is 2.40. The van der Waals surface area contributed by atoms with Crippen molar-refractivity contribution < 1.29 is 4.79 Å². The number of piperidine rings is 1. The molecular weight excluding hydrogens is 248 g/mol. The van der Waals surface area contributed by atoms with Gasteiger partial charge in [-0.2, -0.15) is 0 Å². The predicted octanol–water partition coefficient (Wildman–Crippen LogP) is 2.85. The van der Waals surface area contributed by atoms with E-state index in [1.807, 2.05) is 12.1 Å². The number of hydrogen-bond acceptors (Lipinski definition) is 2. The molecule has 3 nitrogen and oxygen atoms in total. The van der Waals surface area contributed by atoms with Crippen molar-refractivity contribution in [3.8, 4) is 0 Å². The molecule has 1 aromatic rings. The molecule has 0 spiro atoms. The number of fused-ring (bicyclic) bond motifs is 2. The molecule has 2 bridgehead atoms. The Morgan fingerprint density at radius 1 is 1.33 bits per heavy atom. The number of alkyl halides is 1. The molecule has 1 N–H and O–H groups in total. The fourth-order valence-corrected chi connectivity index (χ4v) is 3.24. The van der Waals surface area contributed by atoms with E-state index in [4.69, 9.17) is 11.6 Å². The van der Waals surface area contributed by atoms with Crippen molar-refractivity contribution in [3.05, 3.63) is 24.3 Å². The first kappa shape index (κ1) is 11.8. The number of amides is 1. The van der Waals surface area contributed by atoms with Crippen LogP contribution >= 0.6 is 11.6 Å². The number of rotatable bonds is 3. The molecule has 0 radical (unpaired) electrons. The van der Waals surface area contributed by atoms with E-state index in [-0.39, 0.29) is 11.8 Å². The molecule has 4 heteroatoms. The number of hydrogen-bond donors (Lipinski definition) is 1. The highest BCUT2D eigenvalue weighted by atomic mass is 35.5. The molecule has 2 aliphatic rings. The summed E-state index contributed by atoms with van der Waals surface area (Å²) >= 11 is 5.46. The Bertz CT molecular complexity index is 446. The standard InChI is InChI=1S/C14H17ClN2O/c15-8-14(18)16-11-2-5-12(6-3-11)17-9-10-1-4-13(17)7-10/h2-3,5-6,10,13H,1,4,7-9H2,(H,16,18). The summed E-state index contributed by atoms with van der Waals surface area (Å²) < 4.78 is 0. The minimum atomic E-state index is -0.162. The van der Waals surface area contributed by atoms with Gasteiger partial charge in [0.05, 0.1) is 0 Å². The zero-order chi connectivity index (χ0) is 12.5. The monoisotopic (exact) mass is 264 g/mol. The van der Waals surface area contributed by atoms with Gasteiger partial charge in [-0.15, -0.1) is 11.6 Å². The van der Waals surface area contributed by atoms with Crippen molar-refractivity contribution in [2.45, 2.75) is 25.3 Å². The SMILES string of the molecule is O=C(CCl)Nc1ccc(N2CC3CCC2C3)cc1. The van der Waals surface area contributed by atoms with Gasteiger partial charge in [-0.1, -0.05) is 0 Å². The average molecular weight is 265 g/mol. The molecule has 2 fully saturated rings. The van der Waals surface area contributed by atoms with E-state index in [0.29, 0.717) is 0 Å². The van der Waals surface area contributed by atoms with Crippen molar-refractivity contribution in [2.24, 2.45) is 5.92 Å². The van der Waals surface area contributed by atoms with Gasteiger partial charge in [-0.3, -0.25) is 4.79 Å². The lowest BCUT2D eigenvalue weighted by molar-refractivity contribution is -0.113. The minimum Gasteiger partial charge on any atom is -0.368 e. The first-order chi connectivity index (χ1) is 8.76. The molecule has 1 heterocycles. The van der Waals surface area contributed by atoms with Gasteiger partial charge in [0, 0.05) is 24.0 Å². The van der Waals surface area contributed by atoms with Crippen LogP contribution in [0.15, 0.2) is 24.3 Å². The number of nitrogens with one attached hydrogen (secondary N) is 1. The van der Waals surface area contributed by atoms with Crippen LogP contribution in [0.2, 0.25) is 0 Å². The third-order valence-electron chi connectivity index (χ3n) is 4.01. The Morgan fingerprint density at radius 3 is 2.67 bits per heavy atom. The van der Waals surface area contributed by atoms with E-state index >= 15 is 0 Å². The largest absolute Gasteiger partial charge is 0.368 e. The van der Waals surface area contributed by atoms with Gasteiger partial charge < -0.3 is 10.2 Å². The number of carbonyl (C=O) groups excluding carboxylic acids is 1. The summed E-state index contributed by atoms with van der Waals surface area (Å²) in [6.45, 7) is 1.19. The van der Waals surface area contributed by atoms with Gasteiger partial charge in [-0.25, -0.2) is 0 Å². The summed E-state index contributed by atoms with van der Waals surface area (Å²) in [5, 5.41) is 2.75. The van der Waals surface area contributed by atoms with E-state index in [1.165, 1.54) is 31.5 Å². The van der Waals surface area contributed by atoms with E-state index in [9.17, 15) is 4.79 Å². The highest BCUT2D eigenvalue weighted by Gasteiger charge is 2.37. The third kappa shape index (κ3) is 2.19. The van der Waals surface area contributed by atoms with E-state index in [1.54, 1.807) is 0 Å². The molecule has 1 aromatic carbocycles. The first-order valence-corrected chi connectivity index (χ1v) is 7.02. The van der Waals surface area contributed by atoms with Crippen LogP contribution in [0.1, 0.15) is 19.3 Å². The Labute approximate surface area is 112 Å². The number of anilines is 2. The summed E-state index contributed by atoms with van der Waals surface area (Å²) in [5.41, 5.74) is 2.08. The predicted molar refractivity (Wildman–Crippen MR) is 74.3 cm³/mol. The Hall–Kier alpha value is -1.22. The molecule has 18 heavy (non-hydrogen) atoms. The van der Waals surface area contributed by atoms with E-state index < -0.39 is 0 Å². The van der Waals surface area contributed by atoms with Gasteiger partial charge in [0.1, 0.15) is 5.88 Å². The van der Waals surface area contributed by atoms with Crippen molar-refractivity contribution in [1.82, 2.24) is 0 Å². The first-order valence-electron chi connectivity index (χ1n) is 6.49. The lowest BCUT2D eigenvalue weighted by Crippen LogP contribution is -2.31. The van der Waals surface area contributed by atoms with Gasteiger partial charge in [0.15, 0.2) is 0 Å². The second-order valence-electron chi connectivity index (χ2n) is 5.21. The van der Waals surface area contributed by atoms with Crippen LogP contribution in [0.3, 0.4) is 0 Å². The topological polar surface area (TPSA) is 32.3 Å². The summed E-state index contributed by atoms with van der Waals surface area (Å²) in [6.07, 6.45) is 4.07. The summed E-state index contributed by atoms with van der Waals surface area (Å²) in [6, 6.07) is 8.81. The zero-order valence-corrected chi connectivity index (χ0v) is 11.0. The quantitative estimate of drug-likeness (QED) is 0.852. The van der Waals surface area contributed by atoms with Crippen LogP contribution in [-0.2, 0) is 4.79 Å². The fraction of sp³-hybridized carbons (Fsp3) is 0.500. The lowest BCUT2D eigenvalue weighted by Gasteiger charge is -2.29. The van der Waals surface area contributed by atoms with Crippen LogP contribution in [0.5, 0.6) is 0 Å². The molecule has 2 atom stereocenters. The van der Waals surface area contributed by atoms with Gasteiger partial charge in [-0.05, 0) is 49.4 Å². The molecule has 2 unspecified atom stereocenters. The number of nitrogens with zero attached hydrogens (tertiary/aromatic N) is 1. The molecule has 1 aliphatic carbocycles. The van der Waals surface area contributed by atoms with Crippen LogP contribution in [0, 0.1) is 5.92 Å². The maximum Gasteiger partial charge on any atom is 0.239 e. The summed E-state index contributed by atoms with van der Waals surface area (Å²) in [5.74, 6) is 0.729. The van der Waals surface area contributed by atoms with Crippen LogP contribution in [-0.4, -0.2) is 24.4 Å². The Kier molecular flexibility index (Phi) is 3.16. The number of halogens is 1. The second-order valence-corrected chi connectivity index (χ2v) is 5.48. The lowest BCUT2D eigenvalue weighted by atomic mass is 10.1. The van der Waals surface area contributed by atoms with Gasteiger partial charge in [0.2, 0.25) is 5.91 Å². The smallest absolute Gasteiger partial charge is 0.239 e. The van der Waals surface area contributed by atoms with Crippen LogP contribution in [0.25, 0.3) is 0 Å². The number of carbonyl (C=O) groups is 1. The maximum atomic E-state index is 11.2. The molecule has 1 amide bonds. The van der Waals surface area contributed by atoms with Gasteiger partial charge in [0.25, 0.3) is 0 Å². The van der Waals surface area contributed by atoms with Crippen molar-refractivity contribution in [1.29, 1.82) is 0 Å². The zero-order valence-electron chi connectivity index (χ0n) is 10.2. The molecule has 0 aromatic heterocycles. The molecule has 1 aliphatic heterocycles. The minimum absolute atomic E-state index is 0.00235. The van der Waals surface area contributed by atoms with E-state index in [2.05, 4.69) is 22.3 Å². The summed E-state index contributed by atoms with van der Waals surface area (Å²) in [4.78, 5) is 13.7. The van der Waals surface area contributed by atoms with Crippen molar-refractivity contribution >= 4 is 28.9 Å². The molecule has 1 saturated carbocycles. The molecule has 3 rings (SSSR count). The van der Waals surface area contributed by atoms with Crippen LogP contribution in [0.4, 0.5) is 11.4 Å². The van der Waals surface area contributed by atoms with Gasteiger partial charge >= 0.3 is 0 Å². The Balaban J connectivity index is 1.69. The van der Waals surface area contributed by atoms with E-state index in [0.717, 1.165) is 17.6 Å². The highest BCUT2D eigenvalue weighted by molar-refractivity contribution is 6.29. The summed E-state index contributed by atoms with van der Waals surface area (Å²) in [7, 11) is 0. The third-order valence-corrected chi connectivity index (χ3v) is 4.26.